The highest BCUT2D eigenvalue weighted by Crippen LogP contribution is 1.98. The number of imidazole rings is 1. The fourth-order valence-electron chi connectivity index (χ4n) is 0.991. The molecule has 0 aliphatic rings. The summed E-state index contributed by atoms with van der Waals surface area (Å²) in [7, 11) is 1.51. The third-order valence-corrected chi connectivity index (χ3v) is 1.55. The van der Waals surface area contributed by atoms with Gasteiger partial charge in [-0.2, -0.15) is 4.73 Å². The van der Waals surface area contributed by atoms with E-state index in [2.05, 4.69) is 15.0 Å². The SMILES string of the molecule is COn1cnc(=N)c2[nH]cnc21. The van der Waals surface area contributed by atoms with Crippen molar-refractivity contribution in [3.05, 3.63) is 18.1 Å². The predicted octanol–water partition coefficient (Wildman–Crippen LogP) is -0.703. The summed E-state index contributed by atoms with van der Waals surface area (Å²) < 4.78 is 1.39. The third kappa shape index (κ3) is 0.777. The highest BCUT2D eigenvalue weighted by molar-refractivity contribution is 5.67. The van der Waals surface area contributed by atoms with Gasteiger partial charge in [0.2, 0.25) is 0 Å². The van der Waals surface area contributed by atoms with Crippen molar-refractivity contribution in [2.24, 2.45) is 0 Å². The van der Waals surface area contributed by atoms with Crippen LogP contribution in [0.15, 0.2) is 12.7 Å². The second-order valence-corrected chi connectivity index (χ2v) is 2.20. The van der Waals surface area contributed by atoms with Gasteiger partial charge >= 0.3 is 0 Å². The van der Waals surface area contributed by atoms with Gasteiger partial charge in [-0.15, -0.1) is 0 Å². The van der Waals surface area contributed by atoms with Crippen LogP contribution in [0.25, 0.3) is 11.2 Å². The Morgan fingerprint density at radius 2 is 2.42 bits per heavy atom. The van der Waals surface area contributed by atoms with E-state index >= 15 is 0 Å². The highest BCUT2D eigenvalue weighted by Gasteiger charge is 2.02. The predicted molar refractivity (Wildman–Crippen MR) is 40.2 cm³/mol. The van der Waals surface area contributed by atoms with E-state index in [1.165, 1.54) is 24.5 Å². The summed E-state index contributed by atoms with van der Waals surface area (Å²) in [5.41, 5.74) is 1.30. The molecule has 2 aromatic rings. The molecule has 0 aromatic carbocycles. The van der Waals surface area contributed by atoms with Crippen molar-refractivity contribution in [3.63, 3.8) is 0 Å². The minimum Gasteiger partial charge on any atom is -0.414 e. The normalized spacial score (nSPS) is 10.4. The third-order valence-electron chi connectivity index (χ3n) is 1.55. The van der Waals surface area contributed by atoms with E-state index in [1.807, 2.05) is 0 Å². The van der Waals surface area contributed by atoms with Gasteiger partial charge in [-0.3, -0.25) is 5.41 Å². The molecule has 2 N–H and O–H groups in total. The lowest BCUT2D eigenvalue weighted by Crippen LogP contribution is -2.15. The molecule has 0 atom stereocenters. The molecule has 0 aliphatic carbocycles. The molecule has 2 heterocycles. The number of hydrogen-bond acceptors (Lipinski definition) is 4. The van der Waals surface area contributed by atoms with Crippen molar-refractivity contribution in [2.45, 2.75) is 0 Å². The molecule has 0 unspecified atom stereocenters. The molecule has 0 amide bonds. The van der Waals surface area contributed by atoms with Gasteiger partial charge in [0, 0.05) is 0 Å². The Morgan fingerprint density at radius 1 is 1.58 bits per heavy atom. The first-order valence-electron chi connectivity index (χ1n) is 3.32. The van der Waals surface area contributed by atoms with E-state index in [1.54, 1.807) is 0 Å². The molecule has 2 rings (SSSR count). The summed E-state index contributed by atoms with van der Waals surface area (Å²) in [5, 5.41) is 7.40. The topological polar surface area (TPSA) is 79.6 Å². The summed E-state index contributed by atoms with van der Waals surface area (Å²) in [4.78, 5) is 15.5. The highest BCUT2D eigenvalue weighted by atomic mass is 16.6. The molecule has 2 aromatic heterocycles. The first-order chi connectivity index (χ1) is 5.83. The second kappa shape index (κ2) is 2.33. The van der Waals surface area contributed by atoms with Crippen molar-refractivity contribution >= 4 is 11.2 Å². The lowest BCUT2D eigenvalue weighted by Gasteiger charge is -2.02. The molecular formula is C6H7N5O. The molecule has 0 bridgehead atoms. The van der Waals surface area contributed by atoms with E-state index in [9.17, 15) is 0 Å². The maximum absolute atomic E-state index is 7.40. The summed E-state index contributed by atoms with van der Waals surface area (Å²) >= 11 is 0. The van der Waals surface area contributed by atoms with Gasteiger partial charge in [0.15, 0.2) is 11.1 Å². The van der Waals surface area contributed by atoms with E-state index < -0.39 is 0 Å². The maximum atomic E-state index is 7.40. The summed E-state index contributed by atoms with van der Waals surface area (Å²) in [5.74, 6) is 0. The van der Waals surface area contributed by atoms with Crippen LogP contribution in [0.4, 0.5) is 0 Å². The first kappa shape index (κ1) is 6.84. The number of aromatic amines is 1. The van der Waals surface area contributed by atoms with E-state index in [4.69, 9.17) is 10.2 Å². The van der Waals surface area contributed by atoms with Crippen LogP contribution in [0.1, 0.15) is 0 Å². The van der Waals surface area contributed by atoms with Crippen molar-refractivity contribution in [1.82, 2.24) is 19.7 Å². The van der Waals surface area contributed by atoms with Crippen molar-refractivity contribution in [1.29, 1.82) is 5.41 Å². The average Bonchev–Trinajstić information content (AvgIpc) is 2.54. The lowest BCUT2D eigenvalue weighted by atomic mass is 10.5. The van der Waals surface area contributed by atoms with Gasteiger partial charge < -0.3 is 9.82 Å². The van der Waals surface area contributed by atoms with Crippen molar-refractivity contribution in [3.8, 4) is 0 Å². The molecule has 0 spiro atoms. The molecular weight excluding hydrogens is 158 g/mol. The first-order valence-corrected chi connectivity index (χ1v) is 3.32. The van der Waals surface area contributed by atoms with Crippen LogP contribution >= 0.6 is 0 Å². The minimum atomic E-state index is 0.163. The van der Waals surface area contributed by atoms with Crippen LogP contribution in [0.5, 0.6) is 0 Å². The van der Waals surface area contributed by atoms with Gasteiger partial charge in [-0.1, -0.05) is 0 Å². The Labute approximate surface area is 67.3 Å². The molecule has 12 heavy (non-hydrogen) atoms. The fourth-order valence-corrected chi connectivity index (χ4v) is 0.991. The number of H-pyrrole nitrogens is 1. The van der Waals surface area contributed by atoms with E-state index in [-0.39, 0.29) is 5.49 Å². The Hall–Kier alpha value is -1.85. The lowest BCUT2D eigenvalue weighted by molar-refractivity contribution is 0.172. The number of nitrogens with zero attached hydrogens (tertiary/aromatic N) is 3. The monoisotopic (exact) mass is 165 g/mol. The largest absolute Gasteiger partial charge is 0.414 e. The standard InChI is InChI=1S/C6H7N5O/c1-12-11-3-10-5(7)4-6(11)9-2-8-4/h2-3,7H,1H3,(H,8,9). The number of fused-ring (bicyclic) bond motifs is 1. The van der Waals surface area contributed by atoms with Gasteiger partial charge in [0.05, 0.1) is 6.33 Å². The second-order valence-electron chi connectivity index (χ2n) is 2.20. The Morgan fingerprint density at radius 3 is 3.17 bits per heavy atom. The Balaban J connectivity index is 2.92. The number of nitrogens with one attached hydrogen (secondary N) is 2. The molecule has 62 valence electrons. The Bertz CT molecular complexity index is 456. The van der Waals surface area contributed by atoms with Crippen LogP contribution in [0.3, 0.4) is 0 Å². The summed E-state index contributed by atoms with van der Waals surface area (Å²) in [6, 6.07) is 0. The smallest absolute Gasteiger partial charge is 0.198 e. The van der Waals surface area contributed by atoms with Crippen LogP contribution in [0, 0.1) is 5.41 Å². The quantitative estimate of drug-likeness (QED) is 0.586. The zero-order valence-electron chi connectivity index (χ0n) is 6.40. The fraction of sp³-hybridized carbons (Fsp3) is 0.167. The van der Waals surface area contributed by atoms with Gasteiger partial charge in [0.25, 0.3) is 0 Å². The molecule has 0 radical (unpaired) electrons. The maximum Gasteiger partial charge on any atom is 0.198 e. The molecule has 0 saturated carbocycles. The van der Waals surface area contributed by atoms with Crippen LogP contribution in [-0.2, 0) is 0 Å². The number of hydrogen-bond donors (Lipinski definition) is 2. The molecule has 0 fully saturated rings. The van der Waals surface area contributed by atoms with E-state index in [0.29, 0.717) is 11.2 Å². The zero-order chi connectivity index (χ0) is 8.55. The molecule has 6 nitrogen and oxygen atoms in total. The summed E-state index contributed by atoms with van der Waals surface area (Å²) in [6.07, 6.45) is 2.91. The van der Waals surface area contributed by atoms with Crippen LogP contribution in [0.2, 0.25) is 0 Å². The summed E-state index contributed by atoms with van der Waals surface area (Å²) in [6.45, 7) is 0. The van der Waals surface area contributed by atoms with Gasteiger partial charge in [-0.05, 0) is 0 Å². The minimum absolute atomic E-state index is 0.163. The molecule has 6 heteroatoms. The number of rotatable bonds is 1. The van der Waals surface area contributed by atoms with Crippen molar-refractivity contribution < 1.29 is 4.84 Å². The average molecular weight is 165 g/mol. The van der Waals surface area contributed by atoms with E-state index in [0.717, 1.165) is 0 Å². The Kier molecular flexibility index (Phi) is 1.33. The zero-order valence-corrected chi connectivity index (χ0v) is 6.40. The van der Waals surface area contributed by atoms with Gasteiger partial charge in [0.1, 0.15) is 19.0 Å². The molecule has 0 saturated heterocycles. The van der Waals surface area contributed by atoms with Crippen LogP contribution in [-0.4, -0.2) is 26.8 Å². The van der Waals surface area contributed by atoms with Crippen molar-refractivity contribution in [2.75, 3.05) is 7.11 Å². The number of aromatic nitrogens is 4. The van der Waals surface area contributed by atoms with Gasteiger partial charge in [-0.25, -0.2) is 9.97 Å². The molecule has 0 aliphatic heterocycles. The van der Waals surface area contributed by atoms with Crippen LogP contribution < -0.4 is 10.3 Å².